The van der Waals surface area contributed by atoms with Gasteiger partial charge >= 0.3 is 0 Å². The molecule has 0 aromatic heterocycles. The lowest BCUT2D eigenvalue weighted by Gasteiger charge is -2.25. The molecule has 1 unspecified atom stereocenters. The number of nitrogens with zero attached hydrogens (tertiary/aromatic N) is 2. The van der Waals surface area contributed by atoms with Crippen LogP contribution in [0.5, 0.6) is 0 Å². The maximum absolute atomic E-state index is 12.4. The zero-order valence-corrected chi connectivity index (χ0v) is 16.1. The normalized spacial score (nSPS) is 19.4. The van der Waals surface area contributed by atoms with E-state index >= 15 is 0 Å². The minimum atomic E-state index is -0.163. The lowest BCUT2D eigenvalue weighted by atomic mass is 9.84. The topological polar surface area (TPSA) is 82.9 Å². The molecule has 0 saturated heterocycles. The van der Waals surface area contributed by atoms with Crippen LogP contribution in [0, 0.1) is 0 Å². The molecule has 1 aromatic carbocycles. The van der Waals surface area contributed by atoms with Crippen LogP contribution in [-0.2, 0) is 11.2 Å². The maximum Gasteiger partial charge on any atom is 0.291 e. The molecule has 6 nitrogen and oxygen atoms in total. The fourth-order valence-electron chi connectivity index (χ4n) is 3.66. The Labute approximate surface area is 160 Å². The van der Waals surface area contributed by atoms with Crippen LogP contribution in [0.2, 0.25) is 0 Å². The summed E-state index contributed by atoms with van der Waals surface area (Å²) in [5.41, 5.74) is 3.71. The Morgan fingerprint density at radius 1 is 1.22 bits per heavy atom. The average Bonchev–Trinajstić information content (AvgIpc) is 2.67. The van der Waals surface area contributed by atoms with Gasteiger partial charge in [0.2, 0.25) is 0 Å². The van der Waals surface area contributed by atoms with Gasteiger partial charge in [0.1, 0.15) is 0 Å². The molecule has 144 valence electrons. The third kappa shape index (κ3) is 5.10. The van der Waals surface area contributed by atoms with Gasteiger partial charge in [-0.25, -0.2) is 0 Å². The molecule has 0 radical (unpaired) electrons. The lowest BCUT2D eigenvalue weighted by Crippen LogP contribution is -2.34. The van der Waals surface area contributed by atoms with E-state index in [1.54, 1.807) is 0 Å². The van der Waals surface area contributed by atoms with Gasteiger partial charge in [0, 0.05) is 36.7 Å². The Kier molecular flexibility index (Phi) is 6.50. The molecule has 1 aliphatic carbocycles. The first-order valence-electron chi connectivity index (χ1n) is 9.82. The van der Waals surface area contributed by atoms with Gasteiger partial charge in [0.25, 0.3) is 11.8 Å². The number of carbonyl (C=O) groups is 2. The van der Waals surface area contributed by atoms with Crippen LogP contribution >= 0.6 is 0 Å². The molecule has 27 heavy (non-hydrogen) atoms. The summed E-state index contributed by atoms with van der Waals surface area (Å²) >= 11 is 0. The van der Waals surface area contributed by atoms with Gasteiger partial charge in [-0.15, -0.1) is 5.11 Å². The van der Waals surface area contributed by atoms with E-state index in [2.05, 4.69) is 34.7 Å². The van der Waals surface area contributed by atoms with Crippen LogP contribution in [0.3, 0.4) is 0 Å². The molecule has 1 aromatic rings. The molecule has 0 fully saturated rings. The highest BCUT2D eigenvalue weighted by atomic mass is 16.2. The Balaban J connectivity index is 1.64. The van der Waals surface area contributed by atoms with Gasteiger partial charge in [-0.1, -0.05) is 26.0 Å². The molecule has 2 N–H and O–H groups in total. The molecule has 6 heteroatoms. The quantitative estimate of drug-likeness (QED) is 0.725. The number of benzene rings is 1. The van der Waals surface area contributed by atoms with Crippen molar-refractivity contribution >= 4 is 11.8 Å². The van der Waals surface area contributed by atoms with Crippen molar-refractivity contribution in [2.45, 2.75) is 58.0 Å². The second kappa shape index (κ2) is 9.04. The zero-order chi connectivity index (χ0) is 19.2. The van der Waals surface area contributed by atoms with Crippen LogP contribution in [0.4, 0.5) is 0 Å². The maximum atomic E-state index is 12.4. The van der Waals surface area contributed by atoms with Crippen molar-refractivity contribution < 1.29 is 9.59 Å². The summed E-state index contributed by atoms with van der Waals surface area (Å²) in [6.07, 6.45) is 4.56. The third-order valence-electron chi connectivity index (χ3n) is 5.04. The lowest BCUT2D eigenvalue weighted by molar-refractivity contribution is -0.115. The van der Waals surface area contributed by atoms with Gasteiger partial charge in [0.15, 0.2) is 0 Å². The molecule has 0 bridgehead atoms. The summed E-state index contributed by atoms with van der Waals surface area (Å²) in [5, 5.41) is 14.3. The molecule has 1 heterocycles. The van der Waals surface area contributed by atoms with E-state index in [1.807, 2.05) is 24.3 Å². The van der Waals surface area contributed by atoms with Crippen molar-refractivity contribution in [3.8, 4) is 0 Å². The Morgan fingerprint density at radius 2 is 2.04 bits per heavy atom. The fourth-order valence-corrected chi connectivity index (χ4v) is 3.66. The standard InChI is InChI=1S/C21H28N4O2/c1-14(2)22-10-11-23-20(26)16-7-5-6-15(12-16)13-19-17-8-3-4-9-18(17)21(27)25-24-19/h5-7,12,14,19,22H,3-4,8-11,13H2,1-2H3,(H,23,26). The van der Waals surface area contributed by atoms with Gasteiger partial charge in [-0.2, -0.15) is 5.11 Å². The summed E-state index contributed by atoms with van der Waals surface area (Å²) in [5.74, 6) is -0.232. The minimum absolute atomic E-state index is 0.0691. The minimum Gasteiger partial charge on any atom is -0.351 e. The predicted molar refractivity (Wildman–Crippen MR) is 105 cm³/mol. The first-order chi connectivity index (χ1) is 13.0. The summed E-state index contributed by atoms with van der Waals surface area (Å²) < 4.78 is 0. The number of amides is 2. The molecule has 2 aliphatic rings. The first kappa shape index (κ1) is 19.4. The van der Waals surface area contributed by atoms with E-state index in [9.17, 15) is 9.59 Å². The number of rotatable bonds is 7. The van der Waals surface area contributed by atoms with Crippen LogP contribution in [0.25, 0.3) is 0 Å². The Morgan fingerprint density at radius 3 is 2.85 bits per heavy atom. The van der Waals surface area contributed by atoms with Crippen LogP contribution in [0.1, 0.15) is 55.5 Å². The Bertz CT molecular complexity index is 767. The number of hydrogen-bond acceptors (Lipinski definition) is 4. The summed E-state index contributed by atoms with van der Waals surface area (Å²) in [7, 11) is 0. The molecule has 2 amide bonds. The second-order valence-corrected chi connectivity index (χ2v) is 7.52. The third-order valence-corrected chi connectivity index (χ3v) is 5.04. The largest absolute Gasteiger partial charge is 0.351 e. The van der Waals surface area contributed by atoms with E-state index < -0.39 is 0 Å². The highest BCUT2D eigenvalue weighted by Gasteiger charge is 2.28. The van der Waals surface area contributed by atoms with E-state index in [0.29, 0.717) is 24.6 Å². The monoisotopic (exact) mass is 368 g/mol. The molecular weight excluding hydrogens is 340 g/mol. The fraction of sp³-hybridized carbons (Fsp3) is 0.524. The summed E-state index contributed by atoms with van der Waals surface area (Å²) in [6.45, 7) is 5.50. The van der Waals surface area contributed by atoms with Crippen LogP contribution in [-0.4, -0.2) is 37.0 Å². The van der Waals surface area contributed by atoms with Crippen molar-refractivity contribution in [3.63, 3.8) is 0 Å². The molecule has 0 spiro atoms. The molecule has 3 rings (SSSR count). The van der Waals surface area contributed by atoms with Crippen LogP contribution in [0.15, 0.2) is 45.6 Å². The molecule has 1 aliphatic heterocycles. The Hall–Kier alpha value is -2.34. The smallest absolute Gasteiger partial charge is 0.291 e. The van der Waals surface area contributed by atoms with Gasteiger partial charge in [-0.05, 0) is 49.0 Å². The number of azo groups is 1. The van der Waals surface area contributed by atoms with Crippen molar-refractivity contribution in [2.75, 3.05) is 13.1 Å². The summed E-state index contributed by atoms with van der Waals surface area (Å²) in [6, 6.07) is 7.98. The van der Waals surface area contributed by atoms with E-state index in [-0.39, 0.29) is 17.9 Å². The van der Waals surface area contributed by atoms with Crippen molar-refractivity contribution in [3.05, 3.63) is 46.5 Å². The van der Waals surface area contributed by atoms with Gasteiger partial charge in [0.05, 0.1) is 6.04 Å². The van der Waals surface area contributed by atoms with Crippen molar-refractivity contribution in [1.82, 2.24) is 10.6 Å². The number of hydrogen-bond donors (Lipinski definition) is 2. The van der Waals surface area contributed by atoms with Crippen molar-refractivity contribution in [2.24, 2.45) is 10.2 Å². The van der Waals surface area contributed by atoms with E-state index in [4.69, 9.17) is 0 Å². The van der Waals surface area contributed by atoms with Crippen LogP contribution < -0.4 is 10.6 Å². The SMILES string of the molecule is CC(C)NCCNC(=O)c1cccc(CC2N=NC(=O)C3=C2CCCC3)c1. The summed E-state index contributed by atoms with van der Waals surface area (Å²) in [4.78, 5) is 24.3. The zero-order valence-electron chi connectivity index (χ0n) is 16.1. The van der Waals surface area contributed by atoms with Gasteiger partial charge < -0.3 is 10.6 Å². The van der Waals surface area contributed by atoms with E-state index in [0.717, 1.165) is 48.9 Å². The average molecular weight is 368 g/mol. The van der Waals surface area contributed by atoms with Crippen molar-refractivity contribution in [1.29, 1.82) is 0 Å². The second-order valence-electron chi connectivity index (χ2n) is 7.52. The molecule has 0 saturated carbocycles. The predicted octanol–water partition coefficient (Wildman–Crippen LogP) is 3.19. The highest BCUT2D eigenvalue weighted by Crippen LogP contribution is 2.33. The first-order valence-corrected chi connectivity index (χ1v) is 9.82. The van der Waals surface area contributed by atoms with E-state index in [1.165, 1.54) is 0 Å². The number of nitrogens with one attached hydrogen (secondary N) is 2. The highest BCUT2D eigenvalue weighted by molar-refractivity contribution is 5.96. The number of carbonyl (C=O) groups excluding carboxylic acids is 2. The molecular formula is C21H28N4O2. The molecule has 1 atom stereocenters. The van der Waals surface area contributed by atoms with Gasteiger partial charge in [-0.3, -0.25) is 9.59 Å².